The molecule has 2 aromatic rings. The lowest BCUT2D eigenvalue weighted by atomic mass is 9.84. The number of rotatable bonds is 6. The highest BCUT2D eigenvalue weighted by molar-refractivity contribution is 7.16. The van der Waals surface area contributed by atoms with Gasteiger partial charge in [0.25, 0.3) is 5.92 Å². The second-order valence-electron chi connectivity index (χ2n) is 10.2. The third-order valence-corrected chi connectivity index (χ3v) is 9.06. The Labute approximate surface area is 212 Å². The van der Waals surface area contributed by atoms with E-state index in [2.05, 4.69) is 16.8 Å². The quantitative estimate of drug-likeness (QED) is 0.500. The number of likely N-dealkylation sites (tertiary alicyclic amines) is 1. The van der Waals surface area contributed by atoms with Crippen LogP contribution in [0.15, 0.2) is 29.5 Å². The van der Waals surface area contributed by atoms with Crippen molar-refractivity contribution in [3.63, 3.8) is 0 Å². The summed E-state index contributed by atoms with van der Waals surface area (Å²) in [7, 11) is 0. The van der Waals surface area contributed by atoms with Gasteiger partial charge in [-0.25, -0.2) is 9.99 Å². The number of pyridine rings is 1. The van der Waals surface area contributed by atoms with Gasteiger partial charge in [0.05, 0.1) is 17.5 Å². The maximum Gasteiger partial charge on any atom is 0.297 e. The zero-order chi connectivity index (χ0) is 24.2. The van der Waals surface area contributed by atoms with Crippen LogP contribution in [0.25, 0.3) is 0 Å². The summed E-state index contributed by atoms with van der Waals surface area (Å²) in [5, 5.41) is 6.76. The minimum Gasteiger partial charge on any atom is -0.489 e. The summed E-state index contributed by atoms with van der Waals surface area (Å²) in [6.07, 6.45) is 5.62. The number of hydrazone groups is 1. The van der Waals surface area contributed by atoms with E-state index in [0.717, 1.165) is 50.1 Å². The Bertz CT molecular complexity index is 1130. The predicted molar refractivity (Wildman–Crippen MR) is 133 cm³/mol. The van der Waals surface area contributed by atoms with Gasteiger partial charge in [0, 0.05) is 47.9 Å². The van der Waals surface area contributed by atoms with Crippen LogP contribution in [0.4, 0.5) is 14.6 Å². The van der Waals surface area contributed by atoms with Gasteiger partial charge in [-0.3, -0.25) is 0 Å². The zero-order valence-electron chi connectivity index (χ0n) is 19.7. The van der Waals surface area contributed by atoms with E-state index >= 15 is 0 Å². The highest BCUT2D eigenvalue weighted by Crippen LogP contribution is 2.52. The van der Waals surface area contributed by atoms with Gasteiger partial charge in [-0.2, -0.15) is 13.9 Å². The topological polar surface area (TPSA) is 50.2 Å². The molecular weight excluding hydrogens is 494 g/mol. The number of thiophene rings is 1. The number of halogens is 3. The van der Waals surface area contributed by atoms with Crippen LogP contribution in [-0.4, -0.2) is 55.0 Å². The van der Waals surface area contributed by atoms with E-state index in [9.17, 15) is 8.78 Å². The molecule has 5 heterocycles. The minimum atomic E-state index is -2.98. The van der Waals surface area contributed by atoms with E-state index < -0.39 is 18.1 Å². The van der Waals surface area contributed by atoms with Crippen molar-refractivity contribution < 1.29 is 18.3 Å². The highest BCUT2D eigenvalue weighted by atomic mass is 35.5. The molecule has 0 aromatic carbocycles. The van der Waals surface area contributed by atoms with Crippen LogP contribution in [0.1, 0.15) is 43.0 Å². The first-order valence-electron chi connectivity index (χ1n) is 12.3. The smallest absolute Gasteiger partial charge is 0.297 e. The van der Waals surface area contributed by atoms with Crippen molar-refractivity contribution in [2.75, 3.05) is 44.4 Å². The van der Waals surface area contributed by atoms with Crippen molar-refractivity contribution in [2.24, 2.45) is 16.9 Å². The Morgan fingerprint density at radius 2 is 2.09 bits per heavy atom. The third kappa shape index (κ3) is 4.56. The van der Waals surface area contributed by atoms with Crippen molar-refractivity contribution in [1.82, 2.24) is 9.88 Å². The third-order valence-electron chi connectivity index (χ3n) is 7.61. The number of aromatic nitrogens is 1. The van der Waals surface area contributed by atoms with Gasteiger partial charge in [0.1, 0.15) is 12.2 Å². The number of hydrogen-bond acceptors (Lipinski definition) is 7. The van der Waals surface area contributed by atoms with Crippen molar-refractivity contribution in [3.8, 4) is 5.75 Å². The van der Waals surface area contributed by atoms with Crippen LogP contribution >= 0.6 is 22.9 Å². The zero-order valence-corrected chi connectivity index (χ0v) is 21.3. The molecular formula is C25H29ClF2N4O2S. The second-order valence-corrected chi connectivity index (χ2v) is 11.9. The Kier molecular flexibility index (Phi) is 6.02. The SMILES string of the molecule is CC1=NN(c2ncccc2OCC2CC2)CC1CN1CCC2(CC1)OCC(F)(F)c1cc(Cl)sc12. The van der Waals surface area contributed by atoms with Gasteiger partial charge in [0.2, 0.25) is 0 Å². The summed E-state index contributed by atoms with van der Waals surface area (Å²) in [5.41, 5.74) is 0.472. The van der Waals surface area contributed by atoms with Crippen molar-refractivity contribution in [2.45, 2.75) is 44.1 Å². The fraction of sp³-hybridized carbons (Fsp3) is 0.600. The molecule has 1 atom stereocenters. The lowest BCUT2D eigenvalue weighted by Gasteiger charge is -2.45. The van der Waals surface area contributed by atoms with E-state index in [1.807, 2.05) is 17.1 Å². The number of fused-ring (bicyclic) bond motifs is 2. The molecule has 4 aliphatic rings. The van der Waals surface area contributed by atoms with Crippen molar-refractivity contribution >= 4 is 34.5 Å². The van der Waals surface area contributed by atoms with Crippen LogP contribution < -0.4 is 9.75 Å². The number of alkyl halides is 2. The molecule has 2 fully saturated rings. The van der Waals surface area contributed by atoms with Gasteiger partial charge in [-0.15, -0.1) is 11.3 Å². The number of nitrogens with zero attached hydrogens (tertiary/aromatic N) is 4. The van der Waals surface area contributed by atoms with Crippen LogP contribution in [0.3, 0.4) is 0 Å². The normalized spacial score (nSPS) is 25.5. The van der Waals surface area contributed by atoms with Gasteiger partial charge >= 0.3 is 0 Å². The first kappa shape index (κ1) is 23.6. The van der Waals surface area contributed by atoms with Gasteiger partial charge < -0.3 is 14.4 Å². The molecule has 0 radical (unpaired) electrons. The van der Waals surface area contributed by atoms with Gasteiger partial charge in [0.15, 0.2) is 11.6 Å². The standard InChI is InChI=1S/C25H29ClF2N4O2S/c1-16-18(13-32(30-16)23-20(3-2-8-29-23)33-14-17-4-5-17)12-31-9-6-24(7-10-31)22-19(11-21(26)35-22)25(27,28)15-34-24/h2-3,8,11,17-18H,4-7,9-10,12-15H2,1H3. The summed E-state index contributed by atoms with van der Waals surface area (Å²) in [6.45, 7) is 5.40. The molecule has 10 heteroatoms. The Morgan fingerprint density at radius 3 is 2.86 bits per heavy atom. The number of hydrogen-bond donors (Lipinski definition) is 0. The maximum atomic E-state index is 14.4. The van der Waals surface area contributed by atoms with Crippen molar-refractivity contribution in [3.05, 3.63) is 39.2 Å². The molecule has 0 amide bonds. The molecule has 6 rings (SSSR count). The number of anilines is 1. The largest absolute Gasteiger partial charge is 0.489 e. The number of ether oxygens (including phenoxy) is 2. The predicted octanol–water partition coefficient (Wildman–Crippen LogP) is 5.51. The van der Waals surface area contributed by atoms with Gasteiger partial charge in [-0.05, 0) is 56.7 Å². The van der Waals surface area contributed by atoms with E-state index in [1.54, 1.807) is 6.20 Å². The van der Waals surface area contributed by atoms with E-state index in [-0.39, 0.29) is 11.5 Å². The first-order chi connectivity index (χ1) is 16.8. The van der Waals surface area contributed by atoms with Gasteiger partial charge in [-0.1, -0.05) is 11.6 Å². The molecule has 0 bridgehead atoms. The van der Waals surface area contributed by atoms with Crippen LogP contribution in [0, 0.1) is 11.8 Å². The number of piperidine rings is 1. The fourth-order valence-corrected chi connectivity index (χ4v) is 6.76. The highest BCUT2D eigenvalue weighted by Gasteiger charge is 2.51. The average Bonchev–Trinajstić information content (AvgIpc) is 3.48. The summed E-state index contributed by atoms with van der Waals surface area (Å²) < 4.78 is 41.1. The molecule has 1 aliphatic carbocycles. The Hall–Kier alpha value is -1.81. The Balaban J connectivity index is 1.10. The van der Waals surface area contributed by atoms with Crippen molar-refractivity contribution in [1.29, 1.82) is 0 Å². The first-order valence-corrected chi connectivity index (χ1v) is 13.5. The summed E-state index contributed by atoms with van der Waals surface area (Å²) in [5.74, 6) is -0.484. The molecule has 2 aromatic heterocycles. The monoisotopic (exact) mass is 522 g/mol. The Morgan fingerprint density at radius 1 is 1.29 bits per heavy atom. The lowest BCUT2D eigenvalue weighted by molar-refractivity contribution is -0.181. The molecule has 35 heavy (non-hydrogen) atoms. The molecule has 188 valence electrons. The van der Waals surface area contributed by atoms with E-state index in [1.165, 1.54) is 30.2 Å². The molecule has 6 nitrogen and oxygen atoms in total. The van der Waals surface area contributed by atoms with E-state index in [0.29, 0.717) is 28.0 Å². The minimum absolute atomic E-state index is 0.0525. The molecule has 1 unspecified atom stereocenters. The van der Waals surface area contributed by atoms with E-state index in [4.69, 9.17) is 26.2 Å². The maximum absolute atomic E-state index is 14.4. The second kappa shape index (κ2) is 8.94. The molecule has 0 N–H and O–H groups in total. The van der Waals surface area contributed by atoms with Crippen LogP contribution in [0.2, 0.25) is 4.34 Å². The molecule has 1 spiro atoms. The molecule has 1 saturated carbocycles. The molecule has 1 saturated heterocycles. The summed E-state index contributed by atoms with van der Waals surface area (Å²) in [6, 6.07) is 5.28. The fourth-order valence-electron chi connectivity index (χ4n) is 5.28. The summed E-state index contributed by atoms with van der Waals surface area (Å²) in [4.78, 5) is 7.56. The average molecular weight is 523 g/mol. The molecule has 3 aliphatic heterocycles. The summed E-state index contributed by atoms with van der Waals surface area (Å²) >= 11 is 7.38. The van der Waals surface area contributed by atoms with Crippen LogP contribution in [0.5, 0.6) is 5.75 Å². The van der Waals surface area contributed by atoms with Crippen LogP contribution in [-0.2, 0) is 16.3 Å². The lowest BCUT2D eigenvalue weighted by Crippen LogP contribution is -2.50.